The number of aliphatic imine (C=N–C) groups is 2. The SMILES string of the molecule is C=C1CC(n2c3ccccc3c3c4ccccc4ccc32)=NC(c2ccccc2)=NC1c1cccc2c1sc1ccc3c4ccccc4sc3c12. The van der Waals surface area contributed by atoms with Gasteiger partial charge in [0, 0.05) is 63.1 Å². The standard InChI is InChI=1S/C46H29N3S2/c1-27-26-40(49-36-20-9-7-17-33(36)41-30-15-6-5-12-28(30)22-24-37(41)49)47-46(29-13-3-2-4-14-29)48-43(27)35-19-11-18-34-42-39(51-44(34)35)25-23-32-31-16-8-10-21-38(31)50-45(32)42/h2-25,43H,1,26H2. The van der Waals surface area contributed by atoms with Crippen molar-refractivity contribution in [3.8, 4) is 0 Å². The van der Waals surface area contributed by atoms with E-state index in [9.17, 15) is 0 Å². The highest BCUT2D eigenvalue weighted by atomic mass is 32.1. The van der Waals surface area contributed by atoms with Gasteiger partial charge in [0.25, 0.3) is 0 Å². The first-order valence-electron chi connectivity index (χ1n) is 17.3. The molecule has 0 spiro atoms. The molecule has 5 heteroatoms. The molecule has 0 saturated carbocycles. The summed E-state index contributed by atoms with van der Waals surface area (Å²) in [4.78, 5) is 11.0. The molecule has 1 atom stereocenters. The van der Waals surface area contributed by atoms with Crippen molar-refractivity contribution in [2.75, 3.05) is 0 Å². The Morgan fingerprint density at radius 1 is 0.549 bits per heavy atom. The van der Waals surface area contributed by atoms with E-state index in [1.54, 1.807) is 0 Å². The summed E-state index contributed by atoms with van der Waals surface area (Å²) < 4.78 is 7.60. The molecule has 7 aromatic carbocycles. The van der Waals surface area contributed by atoms with Crippen LogP contribution in [0.2, 0.25) is 0 Å². The van der Waals surface area contributed by atoms with Crippen LogP contribution in [0.15, 0.2) is 168 Å². The molecular formula is C46H29N3S2. The molecule has 3 aromatic heterocycles. The van der Waals surface area contributed by atoms with Gasteiger partial charge in [-0.1, -0.05) is 128 Å². The van der Waals surface area contributed by atoms with Gasteiger partial charge in [0.1, 0.15) is 5.84 Å². The Bertz CT molecular complexity index is 3140. The summed E-state index contributed by atoms with van der Waals surface area (Å²) in [5.74, 6) is 1.66. The summed E-state index contributed by atoms with van der Waals surface area (Å²) in [7, 11) is 0. The predicted octanol–water partition coefficient (Wildman–Crippen LogP) is 13.1. The zero-order chi connectivity index (χ0) is 33.6. The molecule has 0 N–H and O–H groups in total. The van der Waals surface area contributed by atoms with Crippen LogP contribution in [-0.4, -0.2) is 16.2 Å². The van der Waals surface area contributed by atoms with Gasteiger partial charge in [-0.2, -0.15) is 0 Å². The van der Waals surface area contributed by atoms with Crippen molar-refractivity contribution >= 4 is 107 Å². The van der Waals surface area contributed by atoms with E-state index in [1.165, 1.54) is 67.5 Å². The molecule has 1 unspecified atom stereocenters. The summed E-state index contributed by atoms with van der Waals surface area (Å²) >= 11 is 3.76. The first-order chi connectivity index (χ1) is 25.2. The second kappa shape index (κ2) is 11.1. The van der Waals surface area contributed by atoms with E-state index in [1.807, 2.05) is 28.7 Å². The highest BCUT2D eigenvalue weighted by Crippen LogP contribution is 2.47. The maximum absolute atomic E-state index is 5.51. The summed E-state index contributed by atoms with van der Waals surface area (Å²) in [6.45, 7) is 4.78. The zero-order valence-electron chi connectivity index (χ0n) is 27.5. The Kier molecular flexibility index (Phi) is 6.27. The van der Waals surface area contributed by atoms with Crippen LogP contribution in [0.1, 0.15) is 23.6 Å². The van der Waals surface area contributed by atoms with E-state index in [4.69, 9.17) is 16.6 Å². The van der Waals surface area contributed by atoms with E-state index in [0.29, 0.717) is 6.42 Å². The molecule has 0 fully saturated rings. The van der Waals surface area contributed by atoms with Gasteiger partial charge in [-0.25, -0.2) is 4.99 Å². The monoisotopic (exact) mass is 687 g/mol. The molecule has 11 rings (SSSR count). The number of aromatic nitrogens is 1. The quantitative estimate of drug-likeness (QED) is 0.162. The Labute approximate surface area is 301 Å². The lowest BCUT2D eigenvalue weighted by Gasteiger charge is -2.17. The normalized spacial score (nSPS) is 15.5. The molecule has 4 heterocycles. The predicted molar refractivity (Wildman–Crippen MR) is 221 cm³/mol. The molecule has 0 saturated heterocycles. The molecule has 0 aliphatic carbocycles. The summed E-state index contributed by atoms with van der Waals surface area (Å²) in [6.07, 6.45) is 0.590. The lowest BCUT2D eigenvalue weighted by Crippen LogP contribution is -2.14. The third kappa shape index (κ3) is 4.29. The van der Waals surface area contributed by atoms with Crippen LogP contribution in [-0.2, 0) is 0 Å². The first kappa shape index (κ1) is 28.9. The topological polar surface area (TPSA) is 29.6 Å². The summed E-state index contributed by atoms with van der Waals surface area (Å²) in [6, 6.07) is 52.1. The lowest BCUT2D eigenvalue weighted by molar-refractivity contribution is 0.846. The molecule has 0 radical (unpaired) electrons. The van der Waals surface area contributed by atoms with Gasteiger partial charge in [0.2, 0.25) is 0 Å². The highest BCUT2D eigenvalue weighted by Gasteiger charge is 2.27. The summed E-state index contributed by atoms with van der Waals surface area (Å²) in [5, 5.41) is 10.2. The van der Waals surface area contributed by atoms with Crippen LogP contribution >= 0.6 is 22.7 Å². The van der Waals surface area contributed by atoms with Crippen LogP contribution in [0, 0.1) is 0 Å². The fraction of sp³-hybridized carbons (Fsp3) is 0.0435. The number of hydrogen-bond acceptors (Lipinski definition) is 4. The largest absolute Gasteiger partial charge is 0.297 e. The number of thiophene rings is 2. The minimum atomic E-state index is -0.259. The Balaban J connectivity index is 1.13. The third-order valence-electron chi connectivity index (χ3n) is 10.4. The second-order valence-corrected chi connectivity index (χ2v) is 15.5. The van der Waals surface area contributed by atoms with Crippen molar-refractivity contribution in [1.82, 2.24) is 4.57 Å². The summed E-state index contributed by atoms with van der Waals surface area (Å²) in [5.41, 5.74) is 5.50. The van der Waals surface area contributed by atoms with E-state index in [0.717, 1.165) is 33.8 Å². The first-order valence-corrected chi connectivity index (χ1v) is 18.9. The van der Waals surface area contributed by atoms with E-state index < -0.39 is 0 Å². The Hall–Kier alpha value is -5.88. The van der Waals surface area contributed by atoms with Gasteiger partial charge in [0.05, 0.1) is 17.1 Å². The molecular weight excluding hydrogens is 659 g/mol. The number of benzene rings is 7. The van der Waals surface area contributed by atoms with Gasteiger partial charge >= 0.3 is 0 Å². The fourth-order valence-electron chi connectivity index (χ4n) is 8.17. The van der Waals surface area contributed by atoms with Crippen molar-refractivity contribution < 1.29 is 0 Å². The van der Waals surface area contributed by atoms with Gasteiger partial charge in [-0.3, -0.25) is 9.56 Å². The van der Waals surface area contributed by atoms with E-state index in [2.05, 4.69) is 144 Å². The minimum Gasteiger partial charge on any atom is -0.297 e. The smallest absolute Gasteiger partial charge is 0.157 e. The molecule has 51 heavy (non-hydrogen) atoms. The number of amidine groups is 1. The average molecular weight is 688 g/mol. The number of nitrogens with zero attached hydrogens (tertiary/aromatic N) is 3. The van der Waals surface area contributed by atoms with Crippen LogP contribution in [0.5, 0.6) is 0 Å². The van der Waals surface area contributed by atoms with Crippen molar-refractivity contribution in [2.45, 2.75) is 12.5 Å². The van der Waals surface area contributed by atoms with Gasteiger partial charge in [0.15, 0.2) is 5.84 Å². The Morgan fingerprint density at radius 2 is 1.29 bits per heavy atom. The lowest BCUT2D eigenvalue weighted by atomic mass is 9.96. The minimum absolute atomic E-state index is 0.259. The maximum Gasteiger partial charge on any atom is 0.157 e. The molecule has 1 aliphatic heterocycles. The fourth-order valence-corrected chi connectivity index (χ4v) is 10.7. The highest BCUT2D eigenvalue weighted by molar-refractivity contribution is 7.29. The van der Waals surface area contributed by atoms with Crippen molar-refractivity contribution in [3.05, 3.63) is 169 Å². The van der Waals surface area contributed by atoms with E-state index >= 15 is 0 Å². The zero-order valence-corrected chi connectivity index (χ0v) is 29.1. The molecule has 0 bridgehead atoms. The number of hydrogen-bond donors (Lipinski definition) is 0. The number of fused-ring (bicyclic) bond motifs is 12. The maximum atomic E-state index is 5.51. The van der Waals surface area contributed by atoms with Crippen molar-refractivity contribution in [3.63, 3.8) is 0 Å². The number of para-hydroxylation sites is 1. The molecule has 1 aliphatic rings. The molecule has 10 aromatic rings. The van der Waals surface area contributed by atoms with Gasteiger partial charge in [-0.15, -0.1) is 22.7 Å². The molecule has 240 valence electrons. The van der Waals surface area contributed by atoms with Gasteiger partial charge < -0.3 is 0 Å². The van der Waals surface area contributed by atoms with Crippen LogP contribution in [0.3, 0.4) is 0 Å². The number of rotatable bonds is 2. The van der Waals surface area contributed by atoms with Crippen molar-refractivity contribution in [1.29, 1.82) is 0 Å². The Morgan fingerprint density at radius 3 is 2.20 bits per heavy atom. The van der Waals surface area contributed by atoms with Crippen molar-refractivity contribution in [2.24, 2.45) is 9.98 Å². The molecule has 3 nitrogen and oxygen atoms in total. The van der Waals surface area contributed by atoms with Crippen LogP contribution < -0.4 is 0 Å². The average Bonchev–Trinajstić information content (AvgIpc) is 3.82. The third-order valence-corrected chi connectivity index (χ3v) is 12.9. The van der Waals surface area contributed by atoms with Crippen LogP contribution in [0.4, 0.5) is 0 Å². The van der Waals surface area contributed by atoms with E-state index in [-0.39, 0.29) is 6.04 Å². The van der Waals surface area contributed by atoms with Gasteiger partial charge in [-0.05, 0) is 46.2 Å². The second-order valence-electron chi connectivity index (χ2n) is 13.4. The van der Waals surface area contributed by atoms with Crippen LogP contribution in [0.25, 0.3) is 72.9 Å². The molecule has 0 amide bonds.